The highest BCUT2D eigenvalue weighted by molar-refractivity contribution is 7.13. The molecule has 2 unspecified atom stereocenters. The zero-order chi connectivity index (χ0) is 14.1. The lowest BCUT2D eigenvalue weighted by atomic mass is 10.0. The summed E-state index contributed by atoms with van der Waals surface area (Å²) in [6, 6.07) is 0. The zero-order valence-electron chi connectivity index (χ0n) is 11.4. The van der Waals surface area contributed by atoms with Crippen LogP contribution in [0.25, 0.3) is 0 Å². The number of anilines is 1. The maximum absolute atomic E-state index is 12.1. The summed E-state index contributed by atoms with van der Waals surface area (Å²) < 4.78 is 4.87. The van der Waals surface area contributed by atoms with Crippen molar-refractivity contribution in [3.05, 3.63) is 11.1 Å². The van der Waals surface area contributed by atoms with Crippen LogP contribution in [0.15, 0.2) is 5.38 Å². The average molecular weight is 294 g/mol. The molecule has 2 fully saturated rings. The predicted molar refractivity (Wildman–Crippen MR) is 75.4 cm³/mol. The molecule has 0 radical (unpaired) electrons. The van der Waals surface area contributed by atoms with Gasteiger partial charge >= 0.3 is 5.97 Å². The number of esters is 1. The van der Waals surface area contributed by atoms with Gasteiger partial charge in [0, 0.05) is 11.3 Å². The van der Waals surface area contributed by atoms with Gasteiger partial charge in [0.2, 0.25) is 5.91 Å². The van der Waals surface area contributed by atoms with Gasteiger partial charge in [-0.2, -0.15) is 0 Å². The van der Waals surface area contributed by atoms with Crippen LogP contribution in [0.4, 0.5) is 5.13 Å². The number of rotatable bonds is 5. The first-order chi connectivity index (χ1) is 9.65. The minimum Gasteiger partial charge on any atom is -0.466 e. The lowest BCUT2D eigenvalue weighted by Crippen LogP contribution is -2.21. The smallest absolute Gasteiger partial charge is 0.311 e. The highest BCUT2D eigenvalue weighted by atomic mass is 32.1. The van der Waals surface area contributed by atoms with Crippen molar-refractivity contribution in [1.29, 1.82) is 0 Å². The van der Waals surface area contributed by atoms with Gasteiger partial charge < -0.3 is 10.1 Å². The number of carbonyl (C=O) groups is 2. The second-order valence-electron chi connectivity index (χ2n) is 5.54. The van der Waals surface area contributed by atoms with Crippen LogP contribution in [0.5, 0.6) is 0 Å². The number of thiazole rings is 1. The first kappa shape index (κ1) is 13.5. The third-order valence-electron chi connectivity index (χ3n) is 4.03. The van der Waals surface area contributed by atoms with E-state index in [0.29, 0.717) is 17.4 Å². The lowest BCUT2D eigenvalue weighted by molar-refractivity contribution is -0.142. The summed E-state index contributed by atoms with van der Waals surface area (Å²) in [6.45, 7) is 2.15. The fraction of sp³-hybridized carbons (Fsp3) is 0.643. The van der Waals surface area contributed by atoms with E-state index in [-0.39, 0.29) is 24.2 Å². The van der Waals surface area contributed by atoms with Gasteiger partial charge in [0.1, 0.15) is 0 Å². The minimum atomic E-state index is -0.286. The Morgan fingerprint density at radius 1 is 1.40 bits per heavy atom. The quantitative estimate of drug-likeness (QED) is 0.846. The zero-order valence-corrected chi connectivity index (χ0v) is 12.2. The molecule has 20 heavy (non-hydrogen) atoms. The monoisotopic (exact) mass is 294 g/mol. The van der Waals surface area contributed by atoms with Crippen molar-refractivity contribution in [3.8, 4) is 0 Å². The van der Waals surface area contributed by atoms with E-state index in [2.05, 4.69) is 10.3 Å². The van der Waals surface area contributed by atoms with Gasteiger partial charge in [0.15, 0.2) is 5.13 Å². The molecule has 0 aromatic carbocycles. The maximum Gasteiger partial charge on any atom is 0.311 e. The van der Waals surface area contributed by atoms with Gasteiger partial charge in [-0.05, 0) is 38.0 Å². The Labute approximate surface area is 121 Å². The average Bonchev–Trinajstić information content (AvgIpc) is 2.83. The lowest BCUT2D eigenvalue weighted by Gasteiger charge is -2.09. The van der Waals surface area contributed by atoms with Crippen LogP contribution in [0.2, 0.25) is 0 Å². The minimum absolute atomic E-state index is 0.0780. The summed E-state index contributed by atoms with van der Waals surface area (Å²) in [4.78, 5) is 27.7. The molecular formula is C14H18N2O3S. The van der Waals surface area contributed by atoms with E-state index < -0.39 is 0 Å². The normalized spacial score (nSPS) is 26.9. The Morgan fingerprint density at radius 2 is 2.15 bits per heavy atom. The molecule has 2 saturated carbocycles. The van der Waals surface area contributed by atoms with Crippen molar-refractivity contribution in [1.82, 2.24) is 4.98 Å². The summed E-state index contributed by atoms with van der Waals surface area (Å²) in [5, 5.41) is 5.24. The van der Waals surface area contributed by atoms with Crippen LogP contribution in [0.3, 0.4) is 0 Å². The fourth-order valence-electron chi connectivity index (χ4n) is 2.94. The van der Waals surface area contributed by atoms with Crippen LogP contribution in [0, 0.1) is 17.8 Å². The third kappa shape index (κ3) is 3.00. The molecule has 2 atom stereocenters. The second kappa shape index (κ2) is 5.52. The first-order valence-electron chi connectivity index (χ1n) is 7.06. The number of hydrogen-bond acceptors (Lipinski definition) is 5. The molecular weight excluding hydrogens is 276 g/mol. The number of ether oxygens (including phenoxy) is 1. The first-order valence-corrected chi connectivity index (χ1v) is 7.94. The second-order valence-corrected chi connectivity index (χ2v) is 6.40. The highest BCUT2D eigenvalue weighted by Gasteiger charge is 2.48. The van der Waals surface area contributed by atoms with Crippen molar-refractivity contribution in [2.75, 3.05) is 11.9 Å². The van der Waals surface area contributed by atoms with Gasteiger partial charge in [-0.15, -0.1) is 11.3 Å². The van der Waals surface area contributed by atoms with Crippen molar-refractivity contribution < 1.29 is 14.3 Å². The molecule has 0 bridgehead atoms. The summed E-state index contributed by atoms with van der Waals surface area (Å²) in [5.74, 6) is 1.53. The van der Waals surface area contributed by atoms with E-state index in [1.807, 2.05) is 0 Å². The van der Waals surface area contributed by atoms with Crippen molar-refractivity contribution in [3.63, 3.8) is 0 Å². The number of aromatic nitrogens is 1. The van der Waals surface area contributed by atoms with Crippen molar-refractivity contribution >= 4 is 28.3 Å². The van der Waals surface area contributed by atoms with Crippen LogP contribution < -0.4 is 5.32 Å². The SMILES string of the molecule is CCOC(=O)Cc1csc(NC(=O)C2CC3CC3C2)n1. The van der Waals surface area contributed by atoms with E-state index in [9.17, 15) is 9.59 Å². The number of nitrogens with zero attached hydrogens (tertiary/aromatic N) is 1. The molecule has 1 amide bonds. The topological polar surface area (TPSA) is 68.3 Å². The van der Waals surface area contributed by atoms with Gasteiger partial charge in [0.05, 0.1) is 18.7 Å². The Hall–Kier alpha value is -1.43. The molecule has 1 aromatic rings. The van der Waals surface area contributed by atoms with E-state index in [0.717, 1.165) is 24.7 Å². The number of nitrogens with one attached hydrogen (secondary N) is 1. The standard InChI is InChI=1S/C14H18N2O3S/c1-2-19-12(17)6-11-7-20-14(15-11)16-13(18)10-4-8-3-9(8)5-10/h7-10H,2-6H2,1H3,(H,15,16,18). The highest BCUT2D eigenvalue weighted by Crippen LogP contribution is 2.54. The molecule has 2 aliphatic rings. The molecule has 108 valence electrons. The largest absolute Gasteiger partial charge is 0.466 e. The van der Waals surface area contributed by atoms with Gasteiger partial charge in [-0.25, -0.2) is 4.98 Å². The summed E-state index contributed by atoms with van der Waals surface area (Å²) in [5.41, 5.74) is 0.651. The number of amides is 1. The molecule has 5 nitrogen and oxygen atoms in total. The number of carbonyl (C=O) groups excluding carboxylic acids is 2. The molecule has 0 saturated heterocycles. The van der Waals surface area contributed by atoms with E-state index in [1.54, 1.807) is 12.3 Å². The fourth-order valence-corrected chi connectivity index (χ4v) is 3.65. The molecule has 2 aliphatic carbocycles. The van der Waals surface area contributed by atoms with Gasteiger partial charge in [-0.1, -0.05) is 0 Å². The predicted octanol–water partition coefficient (Wildman–Crippen LogP) is 2.23. The molecule has 1 heterocycles. The van der Waals surface area contributed by atoms with Crippen LogP contribution >= 0.6 is 11.3 Å². The molecule has 0 aliphatic heterocycles. The summed E-state index contributed by atoms with van der Waals surface area (Å²) in [6.07, 6.45) is 3.52. The Kier molecular flexibility index (Phi) is 3.74. The molecule has 1 N–H and O–H groups in total. The molecule has 3 rings (SSSR count). The Balaban J connectivity index is 1.51. The Morgan fingerprint density at radius 3 is 2.85 bits per heavy atom. The number of fused-ring (bicyclic) bond motifs is 1. The third-order valence-corrected chi connectivity index (χ3v) is 4.83. The van der Waals surface area contributed by atoms with Crippen LogP contribution in [0.1, 0.15) is 31.9 Å². The molecule has 0 spiro atoms. The van der Waals surface area contributed by atoms with Crippen LogP contribution in [-0.2, 0) is 20.7 Å². The van der Waals surface area contributed by atoms with E-state index in [1.165, 1.54) is 17.8 Å². The van der Waals surface area contributed by atoms with Gasteiger partial charge in [-0.3, -0.25) is 9.59 Å². The van der Waals surface area contributed by atoms with Gasteiger partial charge in [0.25, 0.3) is 0 Å². The Bertz CT molecular complexity index is 518. The maximum atomic E-state index is 12.1. The summed E-state index contributed by atoms with van der Waals surface area (Å²) >= 11 is 1.36. The van der Waals surface area contributed by atoms with Crippen molar-refractivity contribution in [2.45, 2.75) is 32.6 Å². The van der Waals surface area contributed by atoms with E-state index in [4.69, 9.17) is 4.74 Å². The number of hydrogen-bond donors (Lipinski definition) is 1. The summed E-state index contributed by atoms with van der Waals surface area (Å²) in [7, 11) is 0. The van der Waals surface area contributed by atoms with Crippen LogP contribution in [-0.4, -0.2) is 23.5 Å². The van der Waals surface area contributed by atoms with E-state index >= 15 is 0 Å². The molecule has 1 aromatic heterocycles. The van der Waals surface area contributed by atoms with Crippen molar-refractivity contribution in [2.24, 2.45) is 17.8 Å². The molecule has 6 heteroatoms.